The number of aliphatic carboxylic acids is 1. The van der Waals surface area contributed by atoms with Crippen molar-refractivity contribution in [1.82, 2.24) is 25.5 Å². The predicted octanol–water partition coefficient (Wildman–Crippen LogP) is -1.18. The maximum absolute atomic E-state index is 11.5. The summed E-state index contributed by atoms with van der Waals surface area (Å²) >= 11 is 0. The van der Waals surface area contributed by atoms with Gasteiger partial charge in [-0.25, -0.2) is 4.68 Å². The predicted molar refractivity (Wildman–Crippen MR) is 54.6 cm³/mol. The van der Waals surface area contributed by atoms with Crippen LogP contribution < -0.4 is 5.32 Å². The molecule has 0 aromatic carbocycles. The van der Waals surface area contributed by atoms with Crippen LogP contribution in [0.5, 0.6) is 0 Å². The largest absolute Gasteiger partial charge is 0.481 e. The van der Waals surface area contributed by atoms with Gasteiger partial charge in [-0.2, -0.15) is 0 Å². The molecule has 0 saturated heterocycles. The highest BCUT2D eigenvalue weighted by atomic mass is 16.4. The van der Waals surface area contributed by atoms with Crippen LogP contribution >= 0.6 is 0 Å². The first-order chi connectivity index (χ1) is 8.15. The van der Waals surface area contributed by atoms with Crippen LogP contribution in [0.1, 0.15) is 6.42 Å². The standard InChI is InChI=1S/C9H11N5O3/c15-8(4-14-5-10-12-13-14)11-7-2-1-6(3-7)9(16)17/h1-2,5-7H,3-4H2,(H,11,15)(H,16,17). The molecule has 2 rings (SSSR count). The minimum atomic E-state index is -0.876. The van der Waals surface area contributed by atoms with Gasteiger partial charge in [0.25, 0.3) is 0 Å². The molecule has 90 valence electrons. The minimum absolute atomic E-state index is 0.0229. The van der Waals surface area contributed by atoms with Gasteiger partial charge >= 0.3 is 5.97 Å². The molecule has 2 atom stereocenters. The number of rotatable bonds is 4. The number of hydrogen-bond acceptors (Lipinski definition) is 5. The molecule has 1 aromatic heterocycles. The van der Waals surface area contributed by atoms with Gasteiger partial charge in [0.1, 0.15) is 12.9 Å². The summed E-state index contributed by atoms with van der Waals surface area (Å²) in [4.78, 5) is 22.2. The molecule has 8 heteroatoms. The van der Waals surface area contributed by atoms with Crippen molar-refractivity contribution >= 4 is 11.9 Å². The lowest BCUT2D eigenvalue weighted by atomic mass is 10.1. The summed E-state index contributed by atoms with van der Waals surface area (Å²) in [7, 11) is 0. The Morgan fingerprint density at radius 2 is 2.29 bits per heavy atom. The van der Waals surface area contributed by atoms with Crippen molar-refractivity contribution in [3.8, 4) is 0 Å². The molecule has 1 aliphatic carbocycles. The molecule has 0 fully saturated rings. The highest BCUT2D eigenvalue weighted by Crippen LogP contribution is 2.17. The van der Waals surface area contributed by atoms with E-state index >= 15 is 0 Å². The van der Waals surface area contributed by atoms with E-state index in [1.165, 1.54) is 11.0 Å². The molecule has 0 aliphatic heterocycles. The van der Waals surface area contributed by atoms with Crippen LogP contribution in [0.15, 0.2) is 18.5 Å². The van der Waals surface area contributed by atoms with Crippen LogP contribution in [0.25, 0.3) is 0 Å². The van der Waals surface area contributed by atoms with Crippen molar-refractivity contribution in [2.45, 2.75) is 19.0 Å². The lowest BCUT2D eigenvalue weighted by Crippen LogP contribution is -2.35. The van der Waals surface area contributed by atoms with Crippen LogP contribution in [0.4, 0.5) is 0 Å². The van der Waals surface area contributed by atoms with Crippen molar-refractivity contribution in [1.29, 1.82) is 0 Å². The van der Waals surface area contributed by atoms with E-state index in [9.17, 15) is 9.59 Å². The van der Waals surface area contributed by atoms with Gasteiger partial charge in [0, 0.05) is 6.04 Å². The summed E-state index contributed by atoms with van der Waals surface area (Å²) in [6.07, 6.45) is 5.00. The number of hydrogen-bond donors (Lipinski definition) is 2. The third kappa shape index (κ3) is 2.86. The highest BCUT2D eigenvalue weighted by Gasteiger charge is 2.25. The van der Waals surface area contributed by atoms with Crippen molar-refractivity contribution in [2.75, 3.05) is 0 Å². The van der Waals surface area contributed by atoms with Gasteiger partial charge in [-0.15, -0.1) is 5.10 Å². The number of carbonyl (C=O) groups is 2. The molecule has 2 unspecified atom stereocenters. The number of nitrogens with zero attached hydrogens (tertiary/aromatic N) is 4. The lowest BCUT2D eigenvalue weighted by Gasteiger charge is -2.11. The molecule has 1 aromatic rings. The van der Waals surface area contributed by atoms with Gasteiger partial charge in [-0.1, -0.05) is 12.2 Å². The van der Waals surface area contributed by atoms with E-state index in [0.29, 0.717) is 6.42 Å². The first-order valence-electron chi connectivity index (χ1n) is 5.06. The number of carboxylic acid groups (broad SMARTS) is 1. The summed E-state index contributed by atoms with van der Waals surface area (Å²) in [6, 6.07) is -0.236. The van der Waals surface area contributed by atoms with Crippen molar-refractivity contribution in [3.63, 3.8) is 0 Å². The van der Waals surface area contributed by atoms with Crippen LogP contribution in [-0.2, 0) is 16.1 Å². The number of carbonyl (C=O) groups excluding carboxylic acids is 1. The smallest absolute Gasteiger partial charge is 0.310 e. The van der Waals surface area contributed by atoms with Gasteiger partial charge < -0.3 is 10.4 Å². The van der Waals surface area contributed by atoms with Crippen LogP contribution in [0.2, 0.25) is 0 Å². The maximum Gasteiger partial charge on any atom is 0.310 e. The van der Waals surface area contributed by atoms with Gasteiger partial charge in [0.2, 0.25) is 5.91 Å². The zero-order valence-corrected chi connectivity index (χ0v) is 8.85. The Balaban J connectivity index is 1.81. The maximum atomic E-state index is 11.5. The van der Waals surface area contributed by atoms with Gasteiger partial charge in [-0.3, -0.25) is 9.59 Å². The number of carboxylic acids is 1. The number of amides is 1. The molecule has 1 amide bonds. The van der Waals surface area contributed by atoms with Crippen molar-refractivity contribution in [3.05, 3.63) is 18.5 Å². The Kier molecular flexibility index (Phi) is 3.12. The van der Waals surface area contributed by atoms with Crippen LogP contribution in [0, 0.1) is 5.92 Å². The molecule has 8 nitrogen and oxygen atoms in total. The Morgan fingerprint density at radius 3 is 2.88 bits per heavy atom. The molecular weight excluding hydrogens is 226 g/mol. The average Bonchev–Trinajstić information content (AvgIpc) is 2.88. The van der Waals surface area contributed by atoms with Gasteiger partial charge in [0.15, 0.2) is 0 Å². The van der Waals surface area contributed by atoms with E-state index in [1.807, 2.05) is 0 Å². The molecule has 17 heavy (non-hydrogen) atoms. The average molecular weight is 237 g/mol. The second-order valence-electron chi connectivity index (χ2n) is 3.75. The first-order valence-corrected chi connectivity index (χ1v) is 5.06. The molecule has 2 N–H and O–H groups in total. The second kappa shape index (κ2) is 4.73. The van der Waals surface area contributed by atoms with Crippen LogP contribution in [0.3, 0.4) is 0 Å². The number of tetrazole rings is 1. The summed E-state index contributed by atoms with van der Waals surface area (Å²) in [5.41, 5.74) is 0. The molecule has 1 heterocycles. The summed E-state index contributed by atoms with van der Waals surface area (Å²) in [5.74, 6) is -1.65. The van der Waals surface area contributed by atoms with E-state index in [2.05, 4.69) is 20.8 Å². The fourth-order valence-corrected chi connectivity index (χ4v) is 1.64. The van der Waals surface area contributed by atoms with Gasteiger partial charge in [0.05, 0.1) is 5.92 Å². The molecule has 0 bridgehead atoms. The van der Waals surface area contributed by atoms with E-state index in [0.717, 1.165) is 0 Å². The fourth-order valence-electron chi connectivity index (χ4n) is 1.64. The third-order valence-electron chi connectivity index (χ3n) is 2.44. The summed E-state index contributed by atoms with van der Waals surface area (Å²) < 4.78 is 1.29. The van der Waals surface area contributed by atoms with E-state index in [1.54, 1.807) is 12.2 Å². The van der Waals surface area contributed by atoms with E-state index in [-0.39, 0.29) is 18.5 Å². The van der Waals surface area contributed by atoms with Gasteiger partial charge in [-0.05, 0) is 16.8 Å². The quantitative estimate of drug-likeness (QED) is 0.638. The molecular formula is C9H11N5O3. The van der Waals surface area contributed by atoms with Crippen molar-refractivity contribution in [2.24, 2.45) is 5.92 Å². The fraction of sp³-hybridized carbons (Fsp3) is 0.444. The summed E-state index contributed by atoms with van der Waals surface area (Å²) in [6.45, 7) is 0.0229. The Labute approximate surface area is 96.3 Å². The SMILES string of the molecule is O=C(Cn1cnnn1)NC1C=CC(C(=O)O)C1. The minimum Gasteiger partial charge on any atom is -0.481 e. The third-order valence-corrected chi connectivity index (χ3v) is 2.44. The summed E-state index contributed by atoms with van der Waals surface area (Å²) in [5, 5.41) is 21.8. The number of aromatic nitrogens is 4. The number of nitrogens with one attached hydrogen (secondary N) is 1. The lowest BCUT2D eigenvalue weighted by molar-refractivity contribution is -0.140. The van der Waals surface area contributed by atoms with E-state index < -0.39 is 11.9 Å². The monoisotopic (exact) mass is 237 g/mol. The highest BCUT2D eigenvalue weighted by molar-refractivity contribution is 5.77. The van der Waals surface area contributed by atoms with Crippen molar-refractivity contribution < 1.29 is 14.7 Å². The zero-order valence-electron chi connectivity index (χ0n) is 8.85. The Morgan fingerprint density at radius 1 is 1.47 bits per heavy atom. The molecule has 1 aliphatic rings. The molecule has 0 saturated carbocycles. The normalized spacial score (nSPS) is 22.6. The molecule has 0 radical (unpaired) electrons. The first kappa shape index (κ1) is 11.2. The van der Waals surface area contributed by atoms with Crippen LogP contribution in [-0.4, -0.2) is 43.2 Å². The molecule has 0 spiro atoms. The van der Waals surface area contributed by atoms with E-state index in [4.69, 9.17) is 5.11 Å². The second-order valence-corrected chi connectivity index (χ2v) is 3.75. The topological polar surface area (TPSA) is 110 Å². The zero-order chi connectivity index (χ0) is 12.3. The Bertz CT molecular complexity index is 441. The Hall–Kier alpha value is -2.25.